The number of aliphatic hydroxyl groups is 1. The Morgan fingerprint density at radius 1 is 1.62 bits per heavy atom. The summed E-state index contributed by atoms with van der Waals surface area (Å²) < 4.78 is 0. The molecule has 13 heavy (non-hydrogen) atoms. The molecule has 0 saturated carbocycles. The Morgan fingerprint density at radius 3 is 3.00 bits per heavy atom. The Labute approximate surface area is 77.2 Å². The number of aliphatic hydroxyl groups excluding tert-OH is 1. The van der Waals surface area contributed by atoms with Crippen molar-refractivity contribution in [1.29, 1.82) is 0 Å². The van der Waals surface area contributed by atoms with Gasteiger partial charge in [-0.05, 0) is 6.92 Å². The molecule has 0 atom stereocenters. The fraction of sp³-hybridized carbons (Fsp3) is 0.556. The van der Waals surface area contributed by atoms with Crippen LogP contribution in [0, 0.1) is 6.92 Å². The van der Waals surface area contributed by atoms with Crippen molar-refractivity contribution in [1.82, 2.24) is 14.9 Å². The lowest BCUT2D eigenvalue weighted by Crippen LogP contribution is -2.49. The lowest BCUT2D eigenvalue weighted by atomic mass is 10.1. The first-order valence-corrected chi connectivity index (χ1v) is 4.41. The Kier molecular flexibility index (Phi) is 2.24. The highest BCUT2D eigenvalue weighted by atomic mass is 16.3. The number of rotatable bonds is 2. The monoisotopic (exact) mass is 179 g/mol. The molecule has 1 fully saturated rings. The molecule has 0 unspecified atom stereocenters. The van der Waals surface area contributed by atoms with Crippen LogP contribution in [0.15, 0.2) is 12.5 Å². The van der Waals surface area contributed by atoms with Gasteiger partial charge < -0.3 is 5.11 Å². The van der Waals surface area contributed by atoms with E-state index in [9.17, 15) is 0 Å². The van der Waals surface area contributed by atoms with Crippen molar-refractivity contribution in [3.8, 4) is 0 Å². The molecule has 1 aromatic rings. The van der Waals surface area contributed by atoms with Crippen LogP contribution in [0.1, 0.15) is 11.3 Å². The van der Waals surface area contributed by atoms with Crippen LogP contribution in [0.3, 0.4) is 0 Å². The first-order chi connectivity index (χ1) is 6.25. The fourth-order valence-electron chi connectivity index (χ4n) is 1.49. The Hall–Kier alpha value is -1.00. The predicted octanol–water partition coefficient (Wildman–Crippen LogP) is -0.0385. The standard InChI is InChI=1S/C9H13N3O/c1-7-8(2-10-6-11-7)3-12-4-9(13)5-12/h2,6,9,13H,3-5H2,1H3. The van der Waals surface area contributed by atoms with E-state index in [1.54, 1.807) is 6.33 Å². The van der Waals surface area contributed by atoms with Gasteiger partial charge >= 0.3 is 0 Å². The third kappa shape index (κ3) is 1.84. The Morgan fingerprint density at radius 2 is 2.38 bits per heavy atom. The molecule has 1 aliphatic rings. The average molecular weight is 179 g/mol. The molecular weight excluding hydrogens is 166 g/mol. The van der Waals surface area contributed by atoms with Gasteiger partial charge in [-0.15, -0.1) is 0 Å². The minimum Gasteiger partial charge on any atom is -0.390 e. The van der Waals surface area contributed by atoms with E-state index >= 15 is 0 Å². The van der Waals surface area contributed by atoms with Crippen LogP contribution in [0.5, 0.6) is 0 Å². The predicted molar refractivity (Wildman–Crippen MR) is 48.1 cm³/mol. The lowest BCUT2D eigenvalue weighted by Gasteiger charge is -2.35. The van der Waals surface area contributed by atoms with Crippen molar-refractivity contribution < 1.29 is 5.11 Å². The maximum absolute atomic E-state index is 9.09. The van der Waals surface area contributed by atoms with E-state index in [1.165, 1.54) is 0 Å². The minimum absolute atomic E-state index is 0.134. The fourth-order valence-corrected chi connectivity index (χ4v) is 1.49. The van der Waals surface area contributed by atoms with Crippen molar-refractivity contribution in [2.24, 2.45) is 0 Å². The summed E-state index contributed by atoms with van der Waals surface area (Å²) in [5.41, 5.74) is 2.17. The third-order valence-corrected chi connectivity index (χ3v) is 2.34. The molecule has 70 valence electrons. The van der Waals surface area contributed by atoms with Crippen LogP contribution in [-0.2, 0) is 6.54 Å². The molecule has 1 aromatic heterocycles. The molecule has 0 aromatic carbocycles. The van der Waals surface area contributed by atoms with Gasteiger partial charge in [0, 0.05) is 37.1 Å². The van der Waals surface area contributed by atoms with E-state index in [2.05, 4.69) is 14.9 Å². The van der Waals surface area contributed by atoms with Gasteiger partial charge in [0.2, 0.25) is 0 Å². The van der Waals surface area contributed by atoms with E-state index in [-0.39, 0.29) is 6.10 Å². The third-order valence-electron chi connectivity index (χ3n) is 2.34. The molecule has 1 aliphatic heterocycles. The summed E-state index contributed by atoms with van der Waals surface area (Å²) in [5, 5.41) is 9.09. The largest absolute Gasteiger partial charge is 0.390 e. The number of hydrogen-bond acceptors (Lipinski definition) is 4. The summed E-state index contributed by atoms with van der Waals surface area (Å²) in [4.78, 5) is 10.3. The maximum atomic E-state index is 9.09. The lowest BCUT2D eigenvalue weighted by molar-refractivity contribution is -0.00309. The molecule has 2 rings (SSSR count). The van der Waals surface area contributed by atoms with E-state index in [4.69, 9.17) is 5.11 Å². The number of aromatic nitrogens is 2. The van der Waals surface area contributed by atoms with Gasteiger partial charge in [-0.25, -0.2) is 9.97 Å². The normalized spacial score (nSPS) is 18.6. The first kappa shape index (κ1) is 8.59. The summed E-state index contributed by atoms with van der Waals surface area (Å²) in [6.45, 7) is 4.37. The highest BCUT2D eigenvalue weighted by Gasteiger charge is 2.24. The van der Waals surface area contributed by atoms with Gasteiger partial charge in [-0.3, -0.25) is 4.90 Å². The van der Waals surface area contributed by atoms with E-state index in [0.29, 0.717) is 0 Å². The van der Waals surface area contributed by atoms with Crippen LogP contribution in [0.2, 0.25) is 0 Å². The molecule has 0 radical (unpaired) electrons. The van der Waals surface area contributed by atoms with Crippen molar-refractivity contribution in [2.75, 3.05) is 13.1 Å². The molecule has 0 bridgehead atoms. The molecule has 4 heteroatoms. The van der Waals surface area contributed by atoms with E-state index in [1.807, 2.05) is 13.1 Å². The molecule has 4 nitrogen and oxygen atoms in total. The summed E-state index contributed by atoms with van der Waals surface area (Å²) in [7, 11) is 0. The highest BCUT2D eigenvalue weighted by molar-refractivity contribution is 5.14. The Balaban J connectivity index is 1.98. The number of hydrogen-bond donors (Lipinski definition) is 1. The number of aryl methyl sites for hydroxylation is 1. The number of likely N-dealkylation sites (tertiary alicyclic amines) is 1. The van der Waals surface area contributed by atoms with Gasteiger partial charge in [-0.1, -0.05) is 0 Å². The molecule has 0 aliphatic carbocycles. The Bertz CT molecular complexity index is 297. The van der Waals surface area contributed by atoms with Crippen molar-refractivity contribution >= 4 is 0 Å². The second-order valence-electron chi connectivity index (χ2n) is 3.48. The minimum atomic E-state index is -0.134. The summed E-state index contributed by atoms with van der Waals surface area (Å²) in [6.07, 6.45) is 3.27. The molecular formula is C9H13N3O. The van der Waals surface area contributed by atoms with Crippen molar-refractivity contribution in [3.63, 3.8) is 0 Å². The van der Waals surface area contributed by atoms with Crippen molar-refractivity contribution in [2.45, 2.75) is 19.6 Å². The van der Waals surface area contributed by atoms with Crippen LogP contribution >= 0.6 is 0 Å². The summed E-state index contributed by atoms with van der Waals surface area (Å²) >= 11 is 0. The van der Waals surface area contributed by atoms with Gasteiger partial charge in [-0.2, -0.15) is 0 Å². The van der Waals surface area contributed by atoms with Crippen LogP contribution in [0.4, 0.5) is 0 Å². The molecule has 1 saturated heterocycles. The maximum Gasteiger partial charge on any atom is 0.115 e. The zero-order valence-corrected chi connectivity index (χ0v) is 7.64. The van der Waals surface area contributed by atoms with Crippen LogP contribution < -0.4 is 0 Å². The molecule has 0 amide bonds. The van der Waals surface area contributed by atoms with Gasteiger partial charge in [0.15, 0.2) is 0 Å². The van der Waals surface area contributed by atoms with Gasteiger partial charge in [0.1, 0.15) is 6.33 Å². The van der Waals surface area contributed by atoms with E-state index in [0.717, 1.165) is 30.9 Å². The smallest absolute Gasteiger partial charge is 0.115 e. The van der Waals surface area contributed by atoms with Gasteiger partial charge in [0.25, 0.3) is 0 Å². The SMILES string of the molecule is Cc1ncncc1CN1CC(O)C1. The molecule has 2 heterocycles. The van der Waals surface area contributed by atoms with Crippen LogP contribution in [-0.4, -0.2) is 39.2 Å². The quantitative estimate of drug-likeness (QED) is 0.692. The summed E-state index contributed by atoms with van der Waals surface area (Å²) in [5.74, 6) is 0. The first-order valence-electron chi connectivity index (χ1n) is 4.41. The van der Waals surface area contributed by atoms with Crippen molar-refractivity contribution in [3.05, 3.63) is 23.8 Å². The average Bonchev–Trinajstić information content (AvgIpc) is 2.06. The zero-order chi connectivity index (χ0) is 9.26. The van der Waals surface area contributed by atoms with E-state index < -0.39 is 0 Å². The highest BCUT2D eigenvalue weighted by Crippen LogP contribution is 2.13. The van der Waals surface area contributed by atoms with Gasteiger partial charge in [0.05, 0.1) is 6.10 Å². The zero-order valence-electron chi connectivity index (χ0n) is 7.64. The number of β-amino-alcohol motifs (C(OH)–C–C–N with tert-alkyl or cyclic N) is 1. The second kappa shape index (κ2) is 3.40. The number of nitrogens with zero attached hydrogens (tertiary/aromatic N) is 3. The molecule has 1 N–H and O–H groups in total. The summed E-state index contributed by atoms with van der Waals surface area (Å²) in [6, 6.07) is 0. The topological polar surface area (TPSA) is 49.2 Å². The second-order valence-corrected chi connectivity index (χ2v) is 3.48. The van der Waals surface area contributed by atoms with Crippen LogP contribution in [0.25, 0.3) is 0 Å². The molecule has 0 spiro atoms.